The summed E-state index contributed by atoms with van der Waals surface area (Å²) < 4.78 is 7.72. The van der Waals surface area contributed by atoms with Crippen LogP contribution in [0.1, 0.15) is 5.56 Å². The molecule has 0 radical (unpaired) electrons. The van der Waals surface area contributed by atoms with Crippen molar-refractivity contribution < 1.29 is 4.74 Å². The highest BCUT2D eigenvalue weighted by atomic mass is 32.2. The SMILES string of the molecule is Cc1ccccc1-n1c(SC[Si](C)(C)C)nnc1N1CCOCC1. The van der Waals surface area contributed by atoms with Crippen LogP contribution in [0.5, 0.6) is 0 Å². The number of ether oxygens (including phenoxy) is 1. The molecule has 1 saturated heterocycles. The van der Waals surface area contributed by atoms with E-state index in [1.165, 1.54) is 11.3 Å². The minimum atomic E-state index is -1.16. The predicted octanol–water partition coefficient (Wildman–Crippen LogP) is 3.38. The van der Waals surface area contributed by atoms with E-state index in [9.17, 15) is 0 Å². The summed E-state index contributed by atoms with van der Waals surface area (Å²) in [7, 11) is -1.16. The molecule has 0 unspecified atom stereocenters. The van der Waals surface area contributed by atoms with E-state index in [1.807, 2.05) is 11.8 Å². The largest absolute Gasteiger partial charge is 0.378 e. The summed E-state index contributed by atoms with van der Waals surface area (Å²) in [5, 5.41) is 11.2. The highest BCUT2D eigenvalue weighted by molar-refractivity contribution is 8.00. The van der Waals surface area contributed by atoms with Gasteiger partial charge in [0.2, 0.25) is 5.95 Å². The second-order valence-electron chi connectivity index (χ2n) is 7.35. The van der Waals surface area contributed by atoms with E-state index in [0.29, 0.717) is 0 Å². The molecule has 1 aliphatic rings. The number of hydrogen-bond acceptors (Lipinski definition) is 5. The van der Waals surface area contributed by atoms with E-state index in [-0.39, 0.29) is 0 Å². The summed E-state index contributed by atoms with van der Waals surface area (Å²) in [5.74, 6) is 0.936. The number of anilines is 1. The van der Waals surface area contributed by atoms with E-state index >= 15 is 0 Å². The molecule has 0 atom stereocenters. The van der Waals surface area contributed by atoms with Crippen molar-refractivity contribution in [2.45, 2.75) is 31.7 Å². The average Bonchev–Trinajstić information content (AvgIpc) is 2.97. The van der Waals surface area contributed by atoms with Crippen LogP contribution in [0.3, 0.4) is 0 Å². The van der Waals surface area contributed by atoms with E-state index in [0.717, 1.165) is 42.8 Å². The van der Waals surface area contributed by atoms with E-state index in [1.54, 1.807) is 0 Å². The smallest absolute Gasteiger partial charge is 0.232 e. The fourth-order valence-electron chi connectivity index (χ4n) is 2.63. The first-order chi connectivity index (χ1) is 11.5. The minimum absolute atomic E-state index is 0.748. The zero-order valence-electron chi connectivity index (χ0n) is 15.0. The third-order valence-corrected chi connectivity index (χ3v) is 8.46. The molecule has 1 aliphatic heterocycles. The van der Waals surface area contributed by atoms with E-state index < -0.39 is 8.07 Å². The Kier molecular flexibility index (Phi) is 5.32. The van der Waals surface area contributed by atoms with Crippen molar-refractivity contribution in [3.63, 3.8) is 0 Å². The van der Waals surface area contributed by atoms with E-state index in [4.69, 9.17) is 4.74 Å². The number of aryl methyl sites for hydroxylation is 1. The molecule has 24 heavy (non-hydrogen) atoms. The van der Waals surface area contributed by atoms with Gasteiger partial charge in [0.1, 0.15) is 0 Å². The molecule has 0 aliphatic carbocycles. The van der Waals surface area contributed by atoms with Crippen molar-refractivity contribution in [2.24, 2.45) is 0 Å². The van der Waals surface area contributed by atoms with Crippen LogP contribution in [0.4, 0.5) is 5.95 Å². The van der Waals surface area contributed by atoms with Gasteiger partial charge in [-0.05, 0) is 23.9 Å². The van der Waals surface area contributed by atoms with Crippen LogP contribution in [0.15, 0.2) is 29.4 Å². The van der Waals surface area contributed by atoms with Gasteiger partial charge in [0.25, 0.3) is 0 Å². The molecular weight excluding hydrogens is 336 g/mol. The monoisotopic (exact) mass is 362 g/mol. The molecule has 3 rings (SSSR count). The van der Waals surface area contributed by atoms with Gasteiger partial charge in [0.05, 0.1) is 27.0 Å². The number of rotatable bonds is 5. The number of benzene rings is 1. The summed E-state index contributed by atoms with van der Waals surface area (Å²) in [6.07, 6.45) is 0. The van der Waals surface area contributed by atoms with Crippen molar-refractivity contribution in [3.8, 4) is 5.69 Å². The van der Waals surface area contributed by atoms with Gasteiger partial charge in [-0.3, -0.25) is 4.57 Å². The van der Waals surface area contributed by atoms with Crippen LogP contribution in [-0.2, 0) is 4.74 Å². The molecule has 0 saturated carbocycles. The standard InChI is InChI=1S/C17H26N4OSSi/c1-14-7-5-6-8-15(14)21-16(20-9-11-22-12-10-20)18-19-17(21)23-13-24(2,3)4/h5-8H,9-13H2,1-4H3. The van der Waals surface area contributed by atoms with Crippen LogP contribution < -0.4 is 4.90 Å². The summed E-state index contributed by atoms with van der Waals surface area (Å²) in [6.45, 7) is 12.5. The zero-order valence-corrected chi connectivity index (χ0v) is 16.8. The molecule has 2 aromatic rings. The third kappa shape index (κ3) is 4.02. The summed E-state index contributed by atoms with van der Waals surface area (Å²) >= 11 is 1.84. The molecule has 1 aromatic carbocycles. The molecule has 5 nitrogen and oxygen atoms in total. The predicted molar refractivity (Wildman–Crippen MR) is 103 cm³/mol. The lowest BCUT2D eigenvalue weighted by Crippen LogP contribution is -2.38. The highest BCUT2D eigenvalue weighted by Gasteiger charge is 2.24. The number of hydrogen-bond donors (Lipinski definition) is 0. The van der Waals surface area contributed by atoms with Gasteiger partial charge in [-0.25, -0.2) is 0 Å². The summed E-state index contributed by atoms with van der Waals surface area (Å²) in [4.78, 5) is 2.28. The number of thioether (sulfide) groups is 1. The normalized spacial score (nSPS) is 15.8. The van der Waals surface area contributed by atoms with Crippen molar-refractivity contribution in [1.29, 1.82) is 0 Å². The number of aromatic nitrogens is 3. The minimum Gasteiger partial charge on any atom is -0.378 e. The summed E-state index contributed by atoms with van der Waals surface area (Å²) in [6, 6.07) is 8.46. The van der Waals surface area contributed by atoms with Crippen LogP contribution in [-0.4, -0.2) is 54.5 Å². The Morgan fingerprint density at radius 1 is 1.12 bits per heavy atom. The van der Waals surface area contributed by atoms with Crippen LogP contribution in [0.2, 0.25) is 19.6 Å². The Morgan fingerprint density at radius 2 is 1.83 bits per heavy atom. The maximum Gasteiger partial charge on any atom is 0.232 e. The topological polar surface area (TPSA) is 43.2 Å². The molecule has 1 fully saturated rings. The summed E-state index contributed by atoms with van der Waals surface area (Å²) in [5.41, 5.74) is 2.41. The first-order valence-electron chi connectivity index (χ1n) is 8.43. The molecule has 130 valence electrons. The van der Waals surface area contributed by atoms with Gasteiger partial charge in [0.15, 0.2) is 5.16 Å². The second-order valence-corrected chi connectivity index (χ2v) is 14.3. The van der Waals surface area contributed by atoms with Gasteiger partial charge in [-0.1, -0.05) is 49.6 Å². The van der Waals surface area contributed by atoms with E-state index in [2.05, 4.69) is 70.5 Å². The van der Waals surface area contributed by atoms with Crippen LogP contribution in [0.25, 0.3) is 5.69 Å². The molecule has 1 aromatic heterocycles. The lowest BCUT2D eigenvalue weighted by molar-refractivity contribution is 0.122. The maximum absolute atomic E-state index is 5.49. The molecule has 7 heteroatoms. The Balaban J connectivity index is 2.00. The van der Waals surface area contributed by atoms with Crippen LogP contribution in [0, 0.1) is 6.92 Å². The molecule has 0 bridgehead atoms. The van der Waals surface area contributed by atoms with Gasteiger partial charge in [-0.15, -0.1) is 10.2 Å². The first-order valence-corrected chi connectivity index (χ1v) is 13.1. The van der Waals surface area contributed by atoms with Gasteiger partial charge in [-0.2, -0.15) is 0 Å². The maximum atomic E-state index is 5.49. The van der Waals surface area contributed by atoms with Crippen molar-refractivity contribution in [1.82, 2.24) is 14.8 Å². The second kappa shape index (κ2) is 7.29. The van der Waals surface area contributed by atoms with Gasteiger partial charge in [0, 0.05) is 13.1 Å². The molecular formula is C17H26N4OSSi. The highest BCUT2D eigenvalue weighted by Crippen LogP contribution is 2.30. The first kappa shape index (κ1) is 17.5. The van der Waals surface area contributed by atoms with Crippen LogP contribution >= 0.6 is 11.8 Å². The number of morpholine rings is 1. The number of nitrogens with zero attached hydrogens (tertiary/aromatic N) is 4. The lowest BCUT2D eigenvalue weighted by Gasteiger charge is -2.28. The molecule has 2 heterocycles. The quantitative estimate of drug-likeness (QED) is 0.602. The molecule has 0 spiro atoms. The molecule has 0 N–H and O–H groups in total. The number of para-hydroxylation sites is 1. The average molecular weight is 363 g/mol. The Hall–Kier alpha value is -1.31. The Labute approximate surface area is 149 Å². The lowest BCUT2D eigenvalue weighted by atomic mass is 10.2. The Bertz CT molecular complexity index is 692. The fourth-order valence-corrected chi connectivity index (χ4v) is 5.29. The van der Waals surface area contributed by atoms with Crippen molar-refractivity contribution >= 4 is 25.8 Å². The van der Waals surface area contributed by atoms with Gasteiger partial charge >= 0.3 is 0 Å². The zero-order chi connectivity index (χ0) is 17.2. The fraction of sp³-hybridized carbons (Fsp3) is 0.529. The molecule has 0 amide bonds. The third-order valence-electron chi connectivity index (χ3n) is 3.90. The Morgan fingerprint density at radius 3 is 2.50 bits per heavy atom. The van der Waals surface area contributed by atoms with Gasteiger partial charge < -0.3 is 9.64 Å². The van der Waals surface area contributed by atoms with Crippen molar-refractivity contribution in [2.75, 3.05) is 36.6 Å². The van der Waals surface area contributed by atoms with Crippen molar-refractivity contribution in [3.05, 3.63) is 29.8 Å².